The summed E-state index contributed by atoms with van der Waals surface area (Å²) in [7, 11) is 0. The minimum absolute atomic E-state index is 0.240. The lowest BCUT2D eigenvalue weighted by molar-refractivity contribution is 0.356. The third-order valence-corrected chi connectivity index (χ3v) is 4.18. The molecule has 2 aromatic heterocycles. The summed E-state index contributed by atoms with van der Waals surface area (Å²) in [6.07, 6.45) is 0. The van der Waals surface area contributed by atoms with Crippen molar-refractivity contribution in [3.63, 3.8) is 0 Å². The van der Waals surface area contributed by atoms with Crippen LogP contribution in [-0.4, -0.2) is 30.3 Å². The van der Waals surface area contributed by atoms with Crippen molar-refractivity contribution in [1.29, 1.82) is 0 Å². The molecule has 0 amide bonds. The predicted molar refractivity (Wildman–Crippen MR) is 94.8 cm³/mol. The van der Waals surface area contributed by atoms with Gasteiger partial charge in [0.25, 0.3) is 5.89 Å². The van der Waals surface area contributed by atoms with E-state index in [1.165, 1.54) is 4.80 Å². The Kier molecular flexibility index (Phi) is 4.29. The third kappa shape index (κ3) is 3.59. The van der Waals surface area contributed by atoms with Crippen LogP contribution in [0.2, 0.25) is 5.02 Å². The minimum atomic E-state index is 0.240. The van der Waals surface area contributed by atoms with Gasteiger partial charge in [-0.2, -0.15) is 9.78 Å². The van der Waals surface area contributed by atoms with Gasteiger partial charge in [-0.15, -0.1) is 10.2 Å². The number of aromatic nitrogens is 6. The van der Waals surface area contributed by atoms with E-state index in [9.17, 15) is 0 Å². The molecule has 0 aliphatic rings. The largest absolute Gasteiger partial charge is 0.337 e. The average molecular weight is 418 g/mol. The van der Waals surface area contributed by atoms with E-state index in [-0.39, 0.29) is 6.54 Å². The van der Waals surface area contributed by atoms with E-state index < -0.39 is 0 Å². The Morgan fingerprint density at radius 2 is 1.64 bits per heavy atom. The summed E-state index contributed by atoms with van der Waals surface area (Å²) < 4.78 is 6.25. The molecular weight excluding hydrogens is 408 g/mol. The van der Waals surface area contributed by atoms with Crippen molar-refractivity contribution in [1.82, 2.24) is 30.3 Å². The van der Waals surface area contributed by atoms with Gasteiger partial charge in [-0.25, -0.2) is 0 Å². The highest BCUT2D eigenvalue weighted by molar-refractivity contribution is 9.10. The maximum atomic E-state index is 5.88. The summed E-state index contributed by atoms with van der Waals surface area (Å²) in [4.78, 5) is 5.76. The molecule has 2 aromatic carbocycles. The number of hydrogen-bond donors (Lipinski definition) is 0. The van der Waals surface area contributed by atoms with Crippen LogP contribution >= 0.6 is 27.5 Å². The summed E-state index contributed by atoms with van der Waals surface area (Å²) in [5, 5.41) is 17.0. The monoisotopic (exact) mass is 416 g/mol. The molecule has 0 bridgehead atoms. The van der Waals surface area contributed by atoms with Crippen LogP contribution in [0.5, 0.6) is 0 Å². The zero-order chi connectivity index (χ0) is 17.2. The van der Waals surface area contributed by atoms with Crippen molar-refractivity contribution in [3.05, 3.63) is 63.9 Å². The Morgan fingerprint density at radius 1 is 0.960 bits per heavy atom. The molecule has 0 saturated heterocycles. The van der Waals surface area contributed by atoms with E-state index >= 15 is 0 Å². The second-order valence-corrected chi connectivity index (χ2v) is 6.52. The standard InChI is InChI=1S/C16H10BrClN6O/c17-12-5-1-11(2-6-12)16-20-23-24(21-16)9-14-19-15(22-25-14)10-3-7-13(18)8-4-10/h1-8H,9H2. The maximum Gasteiger partial charge on any atom is 0.250 e. The Bertz CT molecular complexity index is 914. The van der Waals surface area contributed by atoms with Gasteiger partial charge in [0.05, 0.1) is 0 Å². The van der Waals surface area contributed by atoms with Crippen LogP contribution in [0.3, 0.4) is 0 Å². The van der Waals surface area contributed by atoms with E-state index in [0.717, 1.165) is 15.6 Å². The lowest BCUT2D eigenvalue weighted by Crippen LogP contribution is -2.04. The van der Waals surface area contributed by atoms with Crippen molar-refractivity contribution < 1.29 is 4.52 Å². The molecule has 2 heterocycles. The van der Waals surface area contributed by atoms with Gasteiger partial charge in [0.15, 0.2) is 0 Å². The van der Waals surface area contributed by atoms with Crippen molar-refractivity contribution in [2.45, 2.75) is 6.54 Å². The minimum Gasteiger partial charge on any atom is -0.337 e. The normalized spacial score (nSPS) is 11.0. The van der Waals surface area contributed by atoms with E-state index in [2.05, 4.69) is 41.5 Å². The molecule has 0 N–H and O–H groups in total. The SMILES string of the molecule is Clc1ccc(-c2noc(Cn3nnc(-c4ccc(Br)cc4)n3)n2)cc1. The van der Waals surface area contributed by atoms with Gasteiger partial charge in [-0.05, 0) is 53.7 Å². The molecule has 0 spiro atoms. The highest BCUT2D eigenvalue weighted by atomic mass is 79.9. The van der Waals surface area contributed by atoms with Crippen LogP contribution in [0.25, 0.3) is 22.8 Å². The van der Waals surface area contributed by atoms with Gasteiger partial charge in [-0.1, -0.05) is 32.7 Å². The van der Waals surface area contributed by atoms with E-state index in [1.807, 2.05) is 36.4 Å². The van der Waals surface area contributed by atoms with Crippen LogP contribution in [0.1, 0.15) is 5.89 Å². The number of halogens is 2. The molecule has 0 aliphatic heterocycles. The van der Waals surface area contributed by atoms with Crippen molar-refractivity contribution in [3.8, 4) is 22.8 Å². The summed E-state index contributed by atoms with van der Waals surface area (Å²) in [5.41, 5.74) is 1.70. The first kappa shape index (κ1) is 15.9. The molecule has 25 heavy (non-hydrogen) atoms. The van der Waals surface area contributed by atoms with Crippen molar-refractivity contribution >= 4 is 27.5 Å². The number of tetrazole rings is 1. The molecular formula is C16H10BrClN6O. The molecule has 0 fully saturated rings. The van der Waals surface area contributed by atoms with Gasteiger partial charge in [0.1, 0.15) is 6.54 Å². The Hall–Kier alpha value is -2.58. The fraction of sp³-hybridized carbons (Fsp3) is 0.0625. The quantitative estimate of drug-likeness (QED) is 0.501. The first-order valence-electron chi connectivity index (χ1n) is 7.30. The Morgan fingerprint density at radius 3 is 2.40 bits per heavy atom. The third-order valence-electron chi connectivity index (χ3n) is 3.40. The fourth-order valence-electron chi connectivity index (χ4n) is 2.18. The second-order valence-electron chi connectivity index (χ2n) is 5.17. The summed E-state index contributed by atoms with van der Waals surface area (Å²) >= 11 is 9.28. The fourth-order valence-corrected chi connectivity index (χ4v) is 2.57. The molecule has 0 aliphatic carbocycles. The maximum absolute atomic E-state index is 5.88. The molecule has 0 unspecified atom stereocenters. The first-order chi connectivity index (χ1) is 12.2. The topological polar surface area (TPSA) is 82.5 Å². The summed E-state index contributed by atoms with van der Waals surface area (Å²) in [6.45, 7) is 0.240. The van der Waals surface area contributed by atoms with Crippen LogP contribution in [0, 0.1) is 0 Å². The van der Waals surface area contributed by atoms with Crippen molar-refractivity contribution in [2.24, 2.45) is 0 Å². The van der Waals surface area contributed by atoms with Crippen LogP contribution in [-0.2, 0) is 6.54 Å². The molecule has 0 saturated carbocycles. The number of hydrogen-bond acceptors (Lipinski definition) is 6. The molecule has 4 rings (SSSR count). The van der Waals surface area contributed by atoms with Gasteiger partial charge >= 0.3 is 0 Å². The summed E-state index contributed by atoms with van der Waals surface area (Å²) in [5.74, 6) is 1.41. The summed E-state index contributed by atoms with van der Waals surface area (Å²) in [6, 6.07) is 14.9. The lowest BCUT2D eigenvalue weighted by atomic mass is 10.2. The van der Waals surface area contributed by atoms with Gasteiger partial charge in [0.2, 0.25) is 11.6 Å². The van der Waals surface area contributed by atoms with Crippen LogP contribution < -0.4 is 0 Å². The number of nitrogens with zero attached hydrogens (tertiary/aromatic N) is 6. The Labute approximate surface area is 155 Å². The zero-order valence-electron chi connectivity index (χ0n) is 12.7. The zero-order valence-corrected chi connectivity index (χ0v) is 15.0. The van der Waals surface area contributed by atoms with Gasteiger partial charge in [0, 0.05) is 20.6 Å². The van der Waals surface area contributed by atoms with E-state index in [0.29, 0.717) is 22.6 Å². The smallest absolute Gasteiger partial charge is 0.250 e. The van der Waals surface area contributed by atoms with Gasteiger partial charge in [-0.3, -0.25) is 0 Å². The molecule has 9 heteroatoms. The Balaban J connectivity index is 1.51. The lowest BCUT2D eigenvalue weighted by Gasteiger charge is -1.94. The highest BCUT2D eigenvalue weighted by Gasteiger charge is 2.12. The number of rotatable bonds is 4. The average Bonchev–Trinajstić information content (AvgIpc) is 3.27. The molecule has 0 radical (unpaired) electrons. The highest BCUT2D eigenvalue weighted by Crippen LogP contribution is 2.19. The number of benzene rings is 2. The van der Waals surface area contributed by atoms with Crippen molar-refractivity contribution in [2.75, 3.05) is 0 Å². The van der Waals surface area contributed by atoms with Crippen LogP contribution in [0.15, 0.2) is 57.5 Å². The van der Waals surface area contributed by atoms with Crippen LogP contribution in [0.4, 0.5) is 0 Å². The van der Waals surface area contributed by atoms with E-state index in [4.69, 9.17) is 16.1 Å². The molecule has 4 aromatic rings. The molecule has 0 atom stereocenters. The molecule has 7 nitrogen and oxygen atoms in total. The van der Waals surface area contributed by atoms with Gasteiger partial charge < -0.3 is 4.52 Å². The predicted octanol–water partition coefficient (Wildman–Crippen LogP) is 3.85. The first-order valence-corrected chi connectivity index (χ1v) is 8.47. The second kappa shape index (κ2) is 6.73. The molecule has 124 valence electrons. The van der Waals surface area contributed by atoms with E-state index in [1.54, 1.807) is 12.1 Å².